The second-order valence-corrected chi connectivity index (χ2v) is 9.80. The maximum atomic E-state index is 14.0. The van der Waals surface area contributed by atoms with Crippen LogP contribution in [0.1, 0.15) is 63.4 Å². The molecule has 1 aromatic rings. The van der Waals surface area contributed by atoms with Crippen LogP contribution in [0.25, 0.3) is 0 Å². The molecule has 1 heterocycles. The zero-order valence-electron chi connectivity index (χ0n) is 19.9. The number of primary amides is 1. The SMILES string of the molecule is CC(CNC(=O)[N+]1(C(=O)[C@H](CC2CCCC2)CN(O)C=O)CCC[C@H]1C(N)=O)c1ccccc1. The van der Waals surface area contributed by atoms with Crippen molar-refractivity contribution < 1.29 is 28.9 Å². The van der Waals surface area contributed by atoms with E-state index < -0.39 is 34.3 Å². The fraction of sp³-hybridized carbons (Fsp3) is 0.600. The summed E-state index contributed by atoms with van der Waals surface area (Å²) in [6.45, 7) is 2.24. The van der Waals surface area contributed by atoms with Gasteiger partial charge in [0.25, 0.3) is 5.91 Å². The van der Waals surface area contributed by atoms with Crippen LogP contribution in [0.2, 0.25) is 0 Å². The molecule has 0 aromatic heterocycles. The first-order chi connectivity index (χ1) is 16.3. The quantitative estimate of drug-likeness (QED) is 0.208. The van der Waals surface area contributed by atoms with Gasteiger partial charge in [-0.3, -0.25) is 14.8 Å². The molecule has 2 unspecified atom stereocenters. The fourth-order valence-corrected chi connectivity index (χ4v) is 5.65. The van der Waals surface area contributed by atoms with Crippen molar-refractivity contribution in [1.82, 2.24) is 10.4 Å². The van der Waals surface area contributed by atoms with E-state index in [-0.39, 0.29) is 31.3 Å². The molecule has 9 heteroatoms. The number of likely N-dealkylation sites (tertiary alicyclic amines) is 1. The molecule has 0 bridgehead atoms. The summed E-state index contributed by atoms with van der Waals surface area (Å²) < 4.78 is -0.694. The third kappa shape index (κ3) is 5.64. The molecule has 1 saturated heterocycles. The molecule has 1 saturated carbocycles. The van der Waals surface area contributed by atoms with E-state index >= 15 is 0 Å². The van der Waals surface area contributed by atoms with Crippen molar-refractivity contribution in [3.05, 3.63) is 35.9 Å². The zero-order valence-corrected chi connectivity index (χ0v) is 19.9. The monoisotopic (exact) mass is 473 g/mol. The third-order valence-electron chi connectivity index (χ3n) is 7.50. The topological polar surface area (TPSA) is 130 Å². The van der Waals surface area contributed by atoms with Gasteiger partial charge in [-0.2, -0.15) is 4.48 Å². The van der Waals surface area contributed by atoms with Gasteiger partial charge < -0.3 is 11.1 Å². The number of hydrogen-bond acceptors (Lipinski definition) is 5. The summed E-state index contributed by atoms with van der Waals surface area (Å²) in [6, 6.07) is 8.22. The van der Waals surface area contributed by atoms with Gasteiger partial charge in [0.2, 0.25) is 6.41 Å². The standard InChI is InChI=1S/C25H36N4O5/c1-18(20-10-3-2-4-11-20)15-27-25(33)29(13-7-12-22(29)23(26)31)24(32)21(16-28(34)17-30)14-19-8-5-6-9-19/h2-4,10-11,17-19,21-22,34H,5-9,12-16H2,1H3,(H2-,26,27,31,33)/p+1/t18?,21-,22+,29?/m1/s1. The summed E-state index contributed by atoms with van der Waals surface area (Å²) in [5.41, 5.74) is 6.73. The number of benzene rings is 1. The maximum absolute atomic E-state index is 14.0. The van der Waals surface area contributed by atoms with E-state index in [1.165, 1.54) is 0 Å². The number of quaternary nitrogens is 1. The van der Waals surface area contributed by atoms with E-state index in [1.807, 2.05) is 37.3 Å². The lowest BCUT2D eigenvalue weighted by molar-refractivity contribution is -0.779. The number of carbonyl (C=O) groups excluding carboxylic acids is 4. The molecule has 3 rings (SSSR count). The van der Waals surface area contributed by atoms with E-state index in [2.05, 4.69) is 5.32 Å². The Morgan fingerprint density at radius 3 is 2.47 bits per heavy atom. The molecule has 1 aliphatic heterocycles. The predicted molar refractivity (Wildman–Crippen MR) is 125 cm³/mol. The molecular formula is C25H37N4O5+. The fourth-order valence-electron chi connectivity index (χ4n) is 5.65. The molecule has 0 radical (unpaired) electrons. The van der Waals surface area contributed by atoms with Gasteiger partial charge in [0, 0.05) is 19.4 Å². The number of urea groups is 1. The average molecular weight is 474 g/mol. The summed E-state index contributed by atoms with van der Waals surface area (Å²) in [6.07, 6.45) is 5.66. The Morgan fingerprint density at radius 2 is 1.85 bits per heavy atom. The van der Waals surface area contributed by atoms with Gasteiger partial charge in [-0.25, -0.2) is 14.7 Å². The molecule has 0 spiro atoms. The van der Waals surface area contributed by atoms with Gasteiger partial charge in [0.15, 0.2) is 6.04 Å². The Hall–Kier alpha value is -2.78. The van der Waals surface area contributed by atoms with Crippen molar-refractivity contribution >= 4 is 24.3 Å². The van der Waals surface area contributed by atoms with Crippen LogP contribution in [-0.4, -0.2) is 64.7 Å². The average Bonchev–Trinajstić information content (AvgIpc) is 3.52. The van der Waals surface area contributed by atoms with Crippen LogP contribution >= 0.6 is 0 Å². The van der Waals surface area contributed by atoms with Crippen LogP contribution in [0.4, 0.5) is 4.79 Å². The van der Waals surface area contributed by atoms with Crippen molar-refractivity contribution in [2.75, 3.05) is 19.6 Å². The number of nitrogens with zero attached hydrogens (tertiary/aromatic N) is 2. The highest BCUT2D eigenvalue weighted by Gasteiger charge is 2.58. The lowest BCUT2D eigenvalue weighted by Gasteiger charge is -2.36. The molecule has 5 amide bonds. The van der Waals surface area contributed by atoms with Crippen LogP contribution in [0, 0.1) is 11.8 Å². The number of imide groups is 1. The number of amides is 5. The Morgan fingerprint density at radius 1 is 1.18 bits per heavy atom. The Bertz CT molecular complexity index is 873. The Balaban J connectivity index is 1.86. The number of hydroxylamine groups is 2. The van der Waals surface area contributed by atoms with Crippen LogP contribution in [0.3, 0.4) is 0 Å². The summed E-state index contributed by atoms with van der Waals surface area (Å²) in [4.78, 5) is 51.2. The highest BCUT2D eigenvalue weighted by molar-refractivity contribution is 5.91. The minimum absolute atomic E-state index is 0.00668. The second-order valence-electron chi connectivity index (χ2n) is 9.80. The number of rotatable bonds is 10. The molecule has 2 fully saturated rings. The largest absolute Gasteiger partial charge is 0.424 e. The Labute approximate surface area is 200 Å². The molecule has 2 aliphatic rings. The predicted octanol–water partition coefficient (Wildman–Crippen LogP) is 2.53. The van der Waals surface area contributed by atoms with Gasteiger partial charge in [0.05, 0.1) is 19.0 Å². The Kier molecular flexibility index (Phi) is 8.79. The van der Waals surface area contributed by atoms with E-state index in [1.54, 1.807) is 0 Å². The van der Waals surface area contributed by atoms with Gasteiger partial charge in [-0.05, 0) is 23.8 Å². The molecule has 4 N–H and O–H groups in total. The number of hydrogen-bond donors (Lipinski definition) is 3. The molecule has 1 aliphatic carbocycles. The smallest absolute Gasteiger partial charge is 0.364 e. The van der Waals surface area contributed by atoms with E-state index in [4.69, 9.17) is 5.73 Å². The summed E-state index contributed by atoms with van der Waals surface area (Å²) in [7, 11) is 0. The molecule has 9 nitrogen and oxygen atoms in total. The lowest BCUT2D eigenvalue weighted by Crippen LogP contribution is -2.68. The van der Waals surface area contributed by atoms with Gasteiger partial charge in [-0.15, -0.1) is 0 Å². The summed E-state index contributed by atoms with van der Waals surface area (Å²) >= 11 is 0. The van der Waals surface area contributed by atoms with Crippen molar-refractivity contribution in [1.29, 1.82) is 0 Å². The van der Waals surface area contributed by atoms with Crippen molar-refractivity contribution in [3.63, 3.8) is 0 Å². The van der Waals surface area contributed by atoms with Crippen LogP contribution in [-0.2, 0) is 14.4 Å². The van der Waals surface area contributed by atoms with Crippen molar-refractivity contribution in [2.45, 2.75) is 63.8 Å². The van der Waals surface area contributed by atoms with E-state index in [0.29, 0.717) is 30.9 Å². The summed E-state index contributed by atoms with van der Waals surface area (Å²) in [5.74, 6) is -1.61. The highest BCUT2D eigenvalue weighted by Crippen LogP contribution is 2.36. The minimum atomic E-state index is -0.964. The van der Waals surface area contributed by atoms with E-state index in [9.17, 15) is 24.4 Å². The van der Waals surface area contributed by atoms with Crippen molar-refractivity contribution in [2.24, 2.45) is 17.6 Å². The molecule has 4 atom stereocenters. The zero-order chi connectivity index (χ0) is 24.7. The molecule has 186 valence electrons. The van der Waals surface area contributed by atoms with Crippen LogP contribution in [0.15, 0.2) is 30.3 Å². The third-order valence-corrected chi connectivity index (χ3v) is 7.50. The summed E-state index contributed by atoms with van der Waals surface area (Å²) in [5, 5.41) is 13.3. The van der Waals surface area contributed by atoms with Gasteiger partial charge in [-0.1, -0.05) is 62.9 Å². The number of carbonyl (C=O) groups is 4. The van der Waals surface area contributed by atoms with Crippen LogP contribution < -0.4 is 11.1 Å². The van der Waals surface area contributed by atoms with E-state index in [0.717, 1.165) is 31.2 Å². The normalized spacial score (nSPS) is 24.4. The first kappa shape index (κ1) is 25.8. The molecule has 1 aromatic carbocycles. The van der Waals surface area contributed by atoms with Crippen LogP contribution in [0.5, 0.6) is 0 Å². The molecule has 34 heavy (non-hydrogen) atoms. The highest BCUT2D eigenvalue weighted by atomic mass is 16.5. The minimum Gasteiger partial charge on any atom is -0.364 e. The van der Waals surface area contributed by atoms with Gasteiger partial charge in [0.1, 0.15) is 0 Å². The van der Waals surface area contributed by atoms with Gasteiger partial charge >= 0.3 is 11.9 Å². The molecular weight excluding hydrogens is 436 g/mol. The lowest BCUT2D eigenvalue weighted by atomic mass is 9.90. The first-order valence-electron chi connectivity index (χ1n) is 12.2. The van der Waals surface area contributed by atoms with Crippen molar-refractivity contribution in [3.8, 4) is 0 Å². The first-order valence-corrected chi connectivity index (χ1v) is 12.2. The second kappa shape index (κ2) is 11.6. The maximum Gasteiger partial charge on any atom is 0.424 e. The number of nitrogens with two attached hydrogens (primary N) is 1. The number of nitrogens with one attached hydrogen (secondary N) is 1.